The van der Waals surface area contributed by atoms with Crippen molar-refractivity contribution in [3.05, 3.63) is 55.9 Å². The highest BCUT2D eigenvalue weighted by Crippen LogP contribution is 2.30. The lowest BCUT2D eigenvalue weighted by molar-refractivity contribution is 0.589. The van der Waals surface area contributed by atoms with Crippen molar-refractivity contribution in [2.75, 3.05) is 24.7 Å². The SMILES string of the molecule is CS(=O)(=O)NCCNc1nc(Cl)c2ccc(=O)n(-c3c(Cl)cccc3Cl)c2n1. The lowest BCUT2D eigenvalue weighted by Gasteiger charge is -2.14. The van der Waals surface area contributed by atoms with Crippen LogP contribution in [-0.2, 0) is 10.0 Å². The molecule has 0 atom stereocenters. The third-order valence-electron chi connectivity index (χ3n) is 3.64. The molecule has 0 amide bonds. The molecule has 2 heterocycles. The topological polar surface area (TPSA) is 106 Å². The maximum absolute atomic E-state index is 12.6. The zero-order valence-electron chi connectivity index (χ0n) is 14.4. The fourth-order valence-electron chi connectivity index (χ4n) is 2.49. The molecule has 0 spiro atoms. The molecule has 0 aliphatic rings. The Morgan fingerprint density at radius 1 is 1.04 bits per heavy atom. The second kappa shape index (κ2) is 8.22. The molecule has 0 aliphatic carbocycles. The number of fused-ring (bicyclic) bond motifs is 1. The summed E-state index contributed by atoms with van der Waals surface area (Å²) in [5, 5.41) is 3.94. The maximum Gasteiger partial charge on any atom is 0.256 e. The first-order chi connectivity index (χ1) is 13.2. The third-order valence-corrected chi connectivity index (χ3v) is 5.26. The first kappa shape index (κ1) is 20.8. The molecule has 8 nitrogen and oxygen atoms in total. The van der Waals surface area contributed by atoms with E-state index >= 15 is 0 Å². The molecule has 148 valence electrons. The quantitative estimate of drug-likeness (QED) is 0.431. The van der Waals surface area contributed by atoms with Crippen LogP contribution in [0.25, 0.3) is 16.7 Å². The van der Waals surface area contributed by atoms with Crippen LogP contribution in [0, 0.1) is 0 Å². The molecule has 0 bridgehead atoms. The lowest BCUT2D eigenvalue weighted by atomic mass is 10.2. The molecule has 3 aromatic rings. The standard InChI is InChI=1S/C16H14Cl3N5O3S/c1-28(26,27)21-8-7-20-16-22-14(19)9-5-6-12(25)24(15(9)23-16)13-10(17)3-2-4-11(13)18/h2-6,21H,7-8H2,1H3,(H,20,22,23). The van der Waals surface area contributed by atoms with E-state index < -0.39 is 15.6 Å². The largest absolute Gasteiger partial charge is 0.353 e. The van der Waals surface area contributed by atoms with Gasteiger partial charge in [0.15, 0.2) is 5.65 Å². The van der Waals surface area contributed by atoms with E-state index in [-0.39, 0.29) is 45.6 Å². The van der Waals surface area contributed by atoms with Crippen molar-refractivity contribution >= 4 is 61.8 Å². The number of benzene rings is 1. The number of aromatic nitrogens is 3. The number of sulfonamides is 1. The van der Waals surface area contributed by atoms with Crippen LogP contribution in [0.3, 0.4) is 0 Å². The molecule has 1 aromatic carbocycles. The van der Waals surface area contributed by atoms with Gasteiger partial charge in [0.05, 0.1) is 27.4 Å². The average Bonchev–Trinajstić information content (AvgIpc) is 2.59. The number of rotatable bonds is 6. The van der Waals surface area contributed by atoms with E-state index in [1.165, 1.54) is 16.7 Å². The third kappa shape index (κ3) is 4.56. The van der Waals surface area contributed by atoms with Gasteiger partial charge in [-0.15, -0.1) is 0 Å². The van der Waals surface area contributed by atoms with Crippen molar-refractivity contribution in [3.63, 3.8) is 0 Å². The number of nitrogens with one attached hydrogen (secondary N) is 2. The highest BCUT2D eigenvalue weighted by Gasteiger charge is 2.16. The van der Waals surface area contributed by atoms with Crippen LogP contribution in [0.2, 0.25) is 15.2 Å². The van der Waals surface area contributed by atoms with E-state index in [4.69, 9.17) is 34.8 Å². The first-order valence-corrected chi connectivity index (χ1v) is 10.9. The van der Waals surface area contributed by atoms with Gasteiger partial charge in [0.25, 0.3) is 5.56 Å². The van der Waals surface area contributed by atoms with Gasteiger partial charge in [-0.1, -0.05) is 40.9 Å². The fraction of sp³-hybridized carbons (Fsp3) is 0.188. The van der Waals surface area contributed by atoms with Crippen LogP contribution in [0.1, 0.15) is 0 Å². The van der Waals surface area contributed by atoms with Gasteiger partial charge in [0.2, 0.25) is 16.0 Å². The smallest absolute Gasteiger partial charge is 0.256 e. The van der Waals surface area contributed by atoms with Gasteiger partial charge in [-0.3, -0.25) is 9.36 Å². The van der Waals surface area contributed by atoms with Crippen LogP contribution in [0.15, 0.2) is 35.1 Å². The second-order valence-corrected chi connectivity index (χ2v) is 8.75. The Morgan fingerprint density at radius 3 is 2.36 bits per heavy atom. The van der Waals surface area contributed by atoms with Gasteiger partial charge in [-0.05, 0) is 18.2 Å². The van der Waals surface area contributed by atoms with E-state index in [0.717, 1.165) is 6.26 Å². The number of halogens is 3. The Hall–Kier alpha value is -1.91. The summed E-state index contributed by atoms with van der Waals surface area (Å²) in [6, 6.07) is 7.70. The van der Waals surface area contributed by atoms with Gasteiger partial charge < -0.3 is 5.32 Å². The van der Waals surface area contributed by atoms with Crippen LogP contribution in [-0.4, -0.2) is 42.3 Å². The molecule has 0 aliphatic heterocycles. The van der Waals surface area contributed by atoms with Crippen molar-refractivity contribution in [1.29, 1.82) is 0 Å². The molecule has 0 unspecified atom stereocenters. The molecule has 3 rings (SSSR count). The number of pyridine rings is 1. The molecular formula is C16H14Cl3N5O3S. The van der Waals surface area contributed by atoms with Crippen molar-refractivity contribution in [3.8, 4) is 5.69 Å². The summed E-state index contributed by atoms with van der Waals surface area (Å²) in [7, 11) is -3.31. The van der Waals surface area contributed by atoms with Crippen molar-refractivity contribution in [2.24, 2.45) is 0 Å². The minimum atomic E-state index is -3.31. The minimum absolute atomic E-state index is 0.112. The minimum Gasteiger partial charge on any atom is -0.353 e. The zero-order valence-corrected chi connectivity index (χ0v) is 17.5. The second-order valence-electron chi connectivity index (χ2n) is 5.75. The highest BCUT2D eigenvalue weighted by molar-refractivity contribution is 7.88. The number of para-hydroxylation sites is 1. The van der Waals surface area contributed by atoms with Crippen LogP contribution in [0.4, 0.5) is 5.95 Å². The number of anilines is 1. The normalized spacial score (nSPS) is 11.7. The van der Waals surface area contributed by atoms with E-state index in [9.17, 15) is 13.2 Å². The summed E-state index contributed by atoms with van der Waals surface area (Å²) in [5.41, 5.74) is 0.0870. The molecule has 0 saturated carbocycles. The first-order valence-electron chi connectivity index (χ1n) is 7.89. The molecule has 28 heavy (non-hydrogen) atoms. The summed E-state index contributed by atoms with van der Waals surface area (Å²) in [4.78, 5) is 21.1. The summed E-state index contributed by atoms with van der Waals surface area (Å²) >= 11 is 18.8. The molecule has 2 aromatic heterocycles. The van der Waals surface area contributed by atoms with Gasteiger partial charge in [-0.2, -0.15) is 4.98 Å². The van der Waals surface area contributed by atoms with Gasteiger partial charge in [0, 0.05) is 19.2 Å². The zero-order chi connectivity index (χ0) is 20.5. The predicted molar refractivity (Wildman–Crippen MR) is 112 cm³/mol. The van der Waals surface area contributed by atoms with Gasteiger partial charge >= 0.3 is 0 Å². The Kier molecular flexibility index (Phi) is 6.11. The van der Waals surface area contributed by atoms with Crippen molar-refractivity contribution in [2.45, 2.75) is 0 Å². The maximum atomic E-state index is 12.6. The van der Waals surface area contributed by atoms with Gasteiger partial charge in [0.1, 0.15) is 5.15 Å². The molecule has 0 fully saturated rings. The van der Waals surface area contributed by atoms with Gasteiger partial charge in [-0.25, -0.2) is 18.1 Å². The summed E-state index contributed by atoms with van der Waals surface area (Å²) < 4.78 is 25.8. The molecule has 0 saturated heterocycles. The Morgan fingerprint density at radius 2 is 1.71 bits per heavy atom. The van der Waals surface area contributed by atoms with Crippen molar-refractivity contribution < 1.29 is 8.42 Å². The summed E-state index contributed by atoms with van der Waals surface area (Å²) in [6.07, 6.45) is 1.06. The summed E-state index contributed by atoms with van der Waals surface area (Å²) in [5.74, 6) is 0.121. The van der Waals surface area contributed by atoms with E-state index in [0.29, 0.717) is 5.39 Å². The summed E-state index contributed by atoms with van der Waals surface area (Å²) in [6.45, 7) is 0.328. The monoisotopic (exact) mass is 461 g/mol. The molecule has 12 heteroatoms. The van der Waals surface area contributed by atoms with Crippen LogP contribution < -0.4 is 15.6 Å². The van der Waals surface area contributed by atoms with E-state index in [1.54, 1.807) is 18.2 Å². The predicted octanol–water partition coefficient (Wildman–Crippen LogP) is 2.70. The van der Waals surface area contributed by atoms with E-state index in [1.807, 2.05) is 0 Å². The number of nitrogens with zero attached hydrogens (tertiary/aromatic N) is 3. The van der Waals surface area contributed by atoms with Crippen molar-refractivity contribution in [1.82, 2.24) is 19.3 Å². The van der Waals surface area contributed by atoms with E-state index in [2.05, 4.69) is 20.0 Å². The van der Waals surface area contributed by atoms with Crippen LogP contribution >= 0.6 is 34.8 Å². The molecule has 2 N–H and O–H groups in total. The Labute approximate surface area is 175 Å². The average molecular weight is 463 g/mol. The highest BCUT2D eigenvalue weighted by atomic mass is 35.5. The lowest BCUT2D eigenvalue weighted by Crippen LogP contribution is -2.28. The Balaban J connectivity index is 2.09. The number of hydrogen-bond acceptors (Lipinski definition) is 6. The van der Waals surface area contributed by atoms with Crippen LogP contribution in [0.5, 0.6) is 0 Å². The number of hydrogen-bond donors (Lipinski definition) is 2. The fourth-order valence-corrected chi connectivity index (χ4v) is 3.75. The molecular weight excluding hydrogens is 449 g/mol. The molecule has 0 radical (unpaired) electrons. The Bertz CT molecular complexity index is 1190.